The van der Waals surface area contributed by atoms with Crippen molar-refractivity contribution in [3.8, 4) is 5.75 Å². The summed E-state index contributed by atoms with van der Waals surface area (Å²) in [5, 5.41) is 10.5. The summed E-state index contributed by atoms with van der Waals surface area (Å²) in [5.74, 6) is 1.05. The second kappa shape index (κ2) is 7.03. The normalized spacial score (nSPS) is 20.7. The first-order valence-corrected chi connectivity index (χ1v) is 8.34. The second-order valence-electron chi connectivity index (χ2n) is 5.57. The lowest BCUT2D eigenvalue weighted by Crippen LogP contribution is -2.28. The van der Waals surface area contributed by atoms with Gasteiger partial charge in [-0.25, -0.2) is 13.8 Å². The van der Waals surface area contributed by atoms with E-state index in [1.165, 1.54) is 12.3 Å². The van der Waals surface area contributed by atoms with Crippen molar-refractivity contribution in [2.24, 2.45) is 0 Å². The Labute approximate surface area is 147 Å². The molecule has 2 heterocycles. The number of benzene rings is 1. The van der Waals surface area contributed by atoms with Gasteiger partial charge < -0.3 is 14.7 Å². The number of aromatic nitrogens is 1. The highest BCUT2D eigenvalue weighted by atomic mass is 79.9. The van der Waals surface area contributed by atoms with E-state index in [0.29, 0.717) is 24.5 Å². The van der Waals surface area contributed by atoms with Crippen molar-refractivity contribution < 1.29 is 18.6 Å². The quantitative estimate of drug-likeness (QED) is 0.841. The first-order valence-electron chi connectivity index (χ1n) is 7.54. The number of alkyl halides is 2. The summed E-state index contributed by atoms with van der Waals surface area (Å²) < 4.78 is 32.0. The summed E-state index contributed by atoms with van der Waals surface area (Å²) in [6.45, 7) is 0.516. The largest absolute Gasteiger partial charge is 0.496 e. The van der Waals surface area contributed by atoms with Crippen LogP contribution in [0, 0.1) is 0 Å². The van der Waals surface area contributed by atoms with Gasteiger partial charge in [0.05, 0.1) is 23.7 Å². The van der Waals surface area contributed by atoms with Crippen LogP contribution in [0.5, 0.6) is 5.75 Å². The highest BCUT2D eigenvalue weighted by molar-refractivity contribution is 9.10. The Morgan fingerprint density at radius 3 is 2.79 bits per heavy atom. The maximum Gasteiger partial charge on any atom is 0.265 e. The number of pyridine rings is 1. The van der Waals surface area contributed by atoms with E-state index in [0.717, 1.165) is 5.56 Å². The van der Waals surface area contributed by atoms with Gasteiger partial charge in [-0.2, -0.15) is 0 Å². The molecule has 0 radical (unpaired) electrons. The Balaban J connectivity index is 2.06. The molecule has 0 unspecified atom stereocenters. The van der Waals surface area contributed by atoms with Crippen LogP contribution in [0.3, 0.4) is 0 Å². The van der Waals surface area contributed by atoms with Crippen molar-refractivity contribution >= 4 is 21.7 Å². The minimum Gasteiger partial charge on any atom is -0.496 e. The number of aliphatic hydroxyl groups is 1. The molecule has 0 spiro atoms. The number of methoxy groups -OCH3 is 1. The average molecular weight is 399 g/mol. The minimum atomic E-state index is -2.60. The molecule has 1 fully saturated rings. The molecule has 1 N–H and O–H groups in total. The van der Waals surface area contributed by atoms with Gasteiger partial charge in [0.1, 0.15) is 11.6 Å². The summed E-state index contributed by atoms with van der Waals surface area (Å²) >= 11 is 3.25. The van der Waals surface area contributed by atoms with Crippen LogP contribution >= 0.6 is 15.9 Å². The first-order chi connectivity index (χ1) is 11.5. The molecule has 1 aliphatic rings. The fraction of sp³-hybridized carbons (Fsp3) is 0.353. The van der Waals surface area contributed by atoms with Crippen LogP contribution in [0.4, 0.5) is 14.6 Å². The minimum absolute atomic E-state index is 0.111. The number of hydrogen-bond donors (Lipinski definition) is 1. The van der Waals surface area contributed by atoms with Crippen molar-refractivity contribution in [1.82, 2.24) is 4.98 Å². The summed E-state index contributed by atoms with van der Waals surface area (Å²) in [5.41, 5.74) is 0.696. The number of ether oxygens (including phenoxy) is 1. The Hall–Kier alpha value is -1.73. The van der Waals surface area contributed by atoms with Gasteiger partial charge in [-0.05, 0) is 34.5 Å². The molecule has 1 aromatic heterocycles. The van der Waals surface area contributed by atoms with Gasteiger partial charge in [0.15, 0.2) is 0 Å². The second-order valence-corrected chi connectivity index (χ2v) is 6.37. The monoisotopic (exact) mass is 398 g/mol. The summed E-state index contributed by atoms with van der Waals surface area (Å²) in [7, 11) is 1.57. The predicted molar refractivity (Wildman–Crippen MR) is 90.6 cm³/mol. The lowest BCUT2D eigenvalue weighted by Gasteiger charge is -2.29. The first kappa shape index (κ1) is 17.1. The summed E-state index contributed by atoms with van der Waals surface area (Å²) in [6, 6.07) is 8.28. The van der Waals surface area contributed by atoms with E-state index in [1.807, 2.05) is 29.2 Å². The van der Waals surface area contributed by atoms with Gasteiger partial charge in [-0.1, -0.05) is 18.2 Å². The van der Waals surface area contributed by atoms with E-state index in [1.54, 1.807) is 7.11 Å². The molecule has 2 atom stereocenters. The number of halogens is 3. The third kappa shape index (κ3) is 2.98. The van der Waals surface area contributed by atoms with Crippen molar-refractivity contribution in [2.45, 2.75) is 25.0 Å². The van der Waals surface area contributed by atoms with Crippen molar-refractivity contribution in [3.05, 3.63) is 52.1 Å². The zero-order valence-electron chi connectivity index (χ0n) is 13.0. The van der Waals surface area contributed by atoms with E-state index in [-0.39, 0.29) is 10.0 Å². The molecule has 1 saturated heterocycles. The number of aliphatic hydroxyl groups excluding tert-OH is 1. The number of rotatable bonds is 4. The van der Waals surface area contributed by atoms with E-state index >= 15 is 0 Å². The predicted octanol–water partition coefficient (Wildman–Crippen LogP) is 4.10. The fourth-order valence-corrected chi connectivity index (χ4v) is 3.75. The van der Waals surface area contributed by atoms with Gasteiger partial charge >= 0.3 is 0 Å². The smallest absolute Gasteiger partial charge is 0.265 e. The molecular weight excluding hydrogens is 382 g/mol. The highest BCUT2D eigenvalue weighted by Gasteiger charge is 2.38. The van der Waals surface area contributed by atoms with Crippen LogP contribution < -0.4 is 9.64 Å². The fourth-order valence-electron chi connectivity index (χ4n) is 3.12. The summed E-state index contributed by atoms with van der Waals surface area (Å²) in [4.78, 5) is 6.11. The molecule has 1 aromatic carbocycles. The zero-order valence-corrected chi connectivity index (χ0v) is 14.6. The third-order valence-electron chi connectivity index (χ3n) is 4.23. The molecule has 24 heavy (non-hydrogen) atoms. The SMILES string of the molecule is COc1ccccc1[C@@H]1[C@H](O)CCN1c1nccc(C(F)F)c1Br. The Morgan fingerprint density at radius 1 is 1.33 bits per heavy atom. The molecule has 128 valence electrons. The van der Waals surface area contributed by atoms with E-state index in [9.17, 15) is 13.9 Å². The molecule has 0 amide bonds. The van der Waals surface area contributed by atoms with Crippen LogP contribution in [-0.2, 0) is 0 Å². The zero-order chi connectivity index (χ0) is 17.3. The van der Waals surface area contributed by atoms with Crippen molar-refractivity contribution in [3.63, 3.8) is 0 Å². The molecule has 1 aliphatic heterocycles. The molecule has 4 nitrogen and oxygen atoms in total. The van der Waals surface area contributed by atoms with Gasteiger partial charge in [0.25, 0.3) is 6.43 Å². The number of nitrogens with zero attached hydrogens (tertiary/aromatic N) is 2. The van der Waals surface area contributed by atoms with E-state index in [2.05, 4.69) is 20.9 Å². The Morgan fingerprint density at radius 2 is 2.08 bits per heavy atom. The average Bonchev–Trinajstić information content (AvgIpc) is 2.96. The third-order valence-corrected chi connectivity index (χ3v) is 5.04. The van der Waals surface area contributed by atoms with Crippen LogP contribution in [0.25, 0.3) is 0 Å². The molecule has 7 heteroatoms. The van der Waals surface area contributed by atoms with Gasteiger partial charge in [0, 0.05) is 23.9 Å². The lowest BCUT2D eigenvalue weighted by atomic mass is 10.0. The van der Waals surface area contributed by atoms with Crippen LogP contribution in [0.2, 0.25) is 0 Å². The van der Waals surface area contributed by atoms with Crippen molar-refractivity contribution in [1.29, 1.82) is 0 Å². The molecule has 2 aromatic rings. The van der Waals surface area contributed by atoms with Crippen LogP contribution in [0.15, 0.2) is 41.0 Å². The van der Waals surface area contributed by atoms with Gasteiger partial charge in [-0.15, -0.1) is 0 Å². The van der Waals surface area contributed by atoms with Gasteiger partial charge in [-0.3, -0.25) is 0 Å². The Bertz CT molecular complexity index is 729. The molecular formula is C17H17BrF2N2O2. The maximum absolute atomic E-state index is 13.2. The van der Waals surface area contributed by atoms with Crippen LogP contribution in [0.1, 0.15) is 30.0 Å². The van der Waals surface area contributed by atoms with Gasteiger partial charge in [0.2, 0.25) is 0 Å². The van der Waals surface area contributed by atoms with E-state index < -0.39 is 18.6 Å². The standard InChI is InChI=1S/C17H17BrF2N2O2/c1-24-13-5-3-2-4-10(13)15-12(23)7-9-22(15)17-14(18)11(16(19)20)6-8-21-17/h2-6,8,12,15-16,23H,7,9H2,1H3/t12-,15-/m1/s1. The van der Waals surface area contributed by atoms with E-state index in [4.69, 9.17) is 4.74 Å². The number of hydrogen-bond acceptors (Lipinski definition) is 4. The Kier molecular flexibility index (Phi) is 5.01. The molecule has 0 saturated carbocycles. The topological polar surface area (TPSA) is 45.6 Å². The molecule has 0 aliphatic carbocycles. The highest BCUT2D eigenvalue weighted by Crippen LogP contribution is 2.43. The number of anilines is 1. The van der Waals surface area contributed by atoms with Crippen molar-refractivity contribution in [2.75, 3.05) is 18.6 Å². The molecule has 0 bridgehead atoms. The summed E-state index contributed by atoms with van der Waals surface area (Å²) in [6.07, 6.45) is -1.34. The maximum atomic E-state index is 13.2. The molecule has 3 rings (SSSR count). The number of para-hydroxylation sites is 1. The van der Waals surface area contributed by atoms with Crippen LogP contribution in [-0.4, -0.2) is 29.8 Å². The lowest BCUT2D eigenvalue weighted by molar-refractivity contribution is 0.150.